The lowest BCUT2D eigenvalue weighted by Gasteiger charge is -2.20. The van der Waals surface area contributed by atoms with Gasteiger partial charge in [-0.3, -0.25) is 5.10 Å². The second-order valence-corrected chi connectivity index (χ2v) is 2.87. The Labute approximate surface area is 73.8 Å². The first-order valence-electron chi connectivity index (χ1n) is 4.54. The summed E-state index contributed by atoms with van der Waals surface area (Å²) in [7, 11) is 0. The predicted molar refractivity (Wildman–Crippen MR) is 50.2 cm³/mol. The smallest absolute Gasteiger partial charge is 0.138 e. The van der Waals surface area contributed by atoms with Crippen LogP contribution in [0.3, 0.4) is 0 Å². The second-order valence-electron chi connectivity index (χ2n) is 2.87. The Morgan fingerprint density at radius 2 is 2.08 bits per heavy atom. The van der Waals surface area contributed by atoms with Gasteiger partial charge in [0.2, 0.25) is 0 Å². The van der Waals surface area contributed by atoms with E-state index in [1.807, 2.05) is 6.20 Å². The fourth-order valence-corrected chi connectivity index (χ4v) is 1.27. The Kier molecular flexibility index (Phi) is 3.64. The molecule has 1 radical (unpaired) electrons. The number of H-pyrrole nitrogens is 1. The molecule has 0 bridgehead atoms. The summed E-state index contributed by atoms with van der Waals surface area (Å²) in [4.78, 5) is 2.30. The minimum Gasteiger partial charge on any atom is -0.368 e. The molecule has 0 saturated carbocycles. The lowest BCUT2D eigenvalue weighted by atomic mass is 10.3. The SMILES string of the molecule is CCCN(CCC)c1[c]n[nH]c1. The molecule has 0 saturated heterocycles. The maximum Gasteiger partial charge on any atom is 0.138 e. The summed E-state index contributed by atoms with van der Waals surface area (Å²) in [5, 5.41) is 6.60. The monoisotopic (exact) mass is 166 g/mol. The lowest BCUT2D eigenvalue weighted by molar-refractivity contribution is 0.745. The predicted octanol–water partition coefficient (Wildman–Crippen LogP) is 1.84. The molecule has 0 aliphatic rings. The van der Waals surface area contributed by atoms with Crippen LogP contribution in [0.5, 0.6) is 0 Å². The topological polar surface area (TPSA) is 31.9 Å². The van der Waals surface area contributed by atoms with Crippen LogP contribution in [0.15, 0.2) is 6.20 Å². The standard InChI is InChI=1S/C9H16N3/c1-3-5-12(6-4-2)9-7-10-11-8-9/h7H,3-6H2,1-2H3,(H,10,11). The fraction of sp³-hybridized carbons (Fsp3) is 0.667. The molecule has 0 aliphatic carbocycles. The average molecular weight is 166 g/mol. The van der Waals surface area contributed by atoms with E-state index in [9.17, 15) is 0 Å². The van der Waals surface area contributed by atoms with E-state index in [1.54, 1.807) is 0 Å². The third-order valence-electron chi connectivity index (χ3n) is 1.76. The van der Waals surface area contributed by atoms with Gasteiger partial charge in [0, 0.05) is 19.3 Å². The van der Waals surface area contributed by atoms with Crippen LogP contribution < -0.4 is 4.90 Å². The molecule has 0 amide bonds. The van der Waals surface area contributed by atoms with Gasteiger partial charge in [0.1, 0.15) is 6.20 Å². The van der Waals surface area contributed by atoms with Gasteiger partial charge in [-0.25, -0.2) is 0 Å². The van der Waals surface area contributed by atoms with E-state index in [0.29, 0.717) is 0 Å². The average Bonchev–Trinajstić information content (AvgIpc) is 2.56. The van der Waals surface area contributed by atoms with Crippen molar-refractivity contribution >= 4 is 5.69 Å². The van der Waals surface area contributed by atoms with E-state index in [4.69, 9.17) is 0 Å². The molecule has 1 rings (SSSR count). The van der Waals surface area contributed by atoms with Gasteiger partial charge in [0.25, 0.3) is 0 Å². The number of hydrogen-bond donors (Lipinski definition) is 1. The Hall–Kier alpha value is -0.990. The van der Waals surface area contributed by atoms with E-state index in [-0.39, 0.29) is 0 Å². The zero-order valence-electron chi connectivity index (χ0n) is 7.80. The number of aromatic amines is 1. The van der Waals surface area contributed by atoms with Gasteiger partial charge in [0.05, 0.1) is 5.69 Å². The molecule has 0 atom stereocenters. The Morgan fingerprint density at radius 3 is 2.50 bits per heavy atom. The third kappa shape index (κ3) is 2.26. The van der Waals surface area contributed by atoms with Crippen molar-refractivity contribution in [1.29, 1.82) is 0 Å². The summed E-state index contributed by atoms with van der Waals surface area (Å²) in [5.74, 6) is 0. The molecule has 1 aromatic rings. The summed E-state index contributed by atoms with van der Waals surface area (Å²) < 4.78 is 0. The van der Waals surface area contributed by atoms with Gasteiger partial charge in [-0.05, 0) is 12.8 Å². The van der Waals surface area contributed by atoms with Crippen LogP contribution in [0.1, 0.15) is 26.7 Å². The van der Waals surface area contributed by atoms with Crippen molar-refractivity contribution in [1.82, 2.24) is 10.2 Å². The van der Waals surface area contributed by atoms with Crippen molar-refractivity contribution in [2.24, 2.45) is 0 Å². The molecule has 12 heavy (non-hydrogen) atoms. The maximum absolute atomic E-state index is 3.82. The zero-order chi connectivity index (χ0) is 8.81. The lowest BCUT2D eigenvalue weighted by Crippen LogP contribution is -2.24. The molecule has 0 spiro atoms. The molecule has 67 valence electrons. The number of rotatable bonds is 5. The Bertz CT molecular complexity index is 188. The van der Waals surface area contributed by atoms with Crippen LogP contribution in [0.25, 0.3) is 0 Å². The van der Waals surface area contributed by atoms with Crippen LogP contribution in [-0.2, 0) is 0 Å². The number of nitrogens with one attached hydrogen (secondary N) is 1. The summed E-state index contributed by atoms with van der Waals surface area (Å²) >= 11 is 0. The van der Waals surface area contributed by atoms with Crippen molar-refractivity contribution in [2.75, 3.05) is 18.0 Å². The summed E-state index contributed by atoms with van der Waals surface area (Å²) in [6.45, 7) is 6.54. The zero-order valence-corrected chi connectivity index (χ0v) is 7.80. The van der Waals surface area contributed by atoms with Crippen LogP contribution in [-0.4, -0.2) is 23.3 Å². The molecule has 0 unspecified atom stereocenters. The Balaban J connectivity index is 2.53. The van der Waals surface area contributed by atoms with Crippen LogP contribution >= 0.6 is 0 Å². The highest BCUT2D eigenvalue weighted by atomic mass is 15.2. The summed E-state index contributed by atoms with van der Waals surface area (Å²) in [6.07, 6.45) is 7.15. The minimum absolute atomic E-state index is 1.08. The van der Waals surface area contributed by atoms with Gasteiger partial charge < -0.3 is 4.90 Å². The van der Waals surface area contributed by atoms with Crippen LogP contribution in [0, 0.1) is 6.20 Å². The number of aromatic nitrogens is 2. The summed E-state index contributed by atoms with van der Waals surface area (Å²) in [6, 6.07) is 0. The van der Waals surface area contributed by atoms with Crippen LogP contribution in [0.4, 0.5) is 5.69 Å². The first-order valence-corrected chi connectivity index (χ1v) is 4.54. The quantitative estimate of drug-likeness (QED) is 0.723. The largest absolute Gasteiger partial charge is 0.368 e. The number of nitrogens with zero attached hydrogens (tertiary/aromatic N) is 2. The van der Waals surface area contributed by atoms with E-state index >= 15 is 0 Å². The van der Waals surface area contributed by atoms with Crippen LogP contribution in [0.2, 0.25) is 0 Å². The summed E-state index contributed by atoms with van der Waals surface area (Å²) in [5.41, 5.74) is 1.08. The molecule has 3 heteroatoms. The molecular formula is C9H16N3. The Morgan fingerprint density at radius 1 is 1.42 bits per heavy atom. The van der Waals surface area contributed by atoms with E-state index in [0.717, 1.165) is 18.8 Å². The maximum atomic E-state index is 3.82. The molecule has 0 fully saturated rings. The molecule has 1 N–H and O–H groups in total. The normalized spacial score (nSPS) is 10.2. The van der Waals surface area contributed by atoms with E-state index in [2.05, 4.69) is 35.1 Å². The second kappa shape index (κ2) is 4.80. The van der Waals surface area contributed by atoms with Gasteiger partial charge in [-0.2, -0.15) is 5.10 Å². The molecular weight excluding hydrogens is 150 g/mol. The first-order chi connectivity index (χ1) is 5.88. The van der Waals surface area contributed by atoms with Crippen molar-refractivity contribution in [3.8, 4) is 0 Å². The molecule has 0 aromatic carbocycles. The highest BCUT2D eigenvalue weighted by molar-refractivity contribution is 5.40. The van der Waals surface area contributed by atoms with E-state index in [1.165, 1.54) is 12.8 Å². The van der Waals surface area contributed by atoms with E-state index < -0.39 is 0 Å². The molecule has 0 aliphatic heterocycles. The number of hydrogen-bond acceptors (Lipinski definition) is 2. The van der Waals surface area contributed by atoms with Gasteiger partial charge in [0.15, 0.2) is 0 Å². The van der Waals surface area contributed by atoms with Crippen molar-refractivity contribution < 1.29 is 0 Å². The molecule has 3 nitrogen and oxygen atoms in total. The first kappa shape index (κ1) is 9.10. The minimum atomic E-state index is 1.08. The highest BCUT2D eigenvalue weighted by Crippen LogP contribution is 2.10. The third-order valence-corrected chi connectivity index (χ3v) is 1.76. The van der Waals surface area contributed by atoms with Gasteiger partial charge in [-0.15, -0.1) is 0 Å². The molecule has 1 heterocycles. The highest BCUT2D eigenvalue weighted by Gasteiger charge is 2.04. The fourth-order valence-electron chi connectivity index (χ4n) is 1.27. The van der Waals surface area contributed by atoms with Gasteiger partial charge in [-0.1, -0.05) is 13.8 Å². The molecule has 1 aromatic heterocycles. The van der Waals surface area contributed by atoms with Crippen molar-refractivity contribution in [2.45, 2.75) is 26.7 Å². The van der Waals surface area contributed by atoms with Crippen molar-refractivity contribution in [3.05, 3.63) is 12.4 Å². The van der Waals surface area contributed by atoms with Gasteiger partial charge >= 0.3 is 0 Å². The van der Waals surface area contributed by atoms with Crippen molar-refractivity contribution in [3.63, 3.8) is 0 Å². The number of anilines is 1.